The number of hydrazine groups is 2. The first-order valence-corrected chi connectivity index (χ1v) is 18.3. The number of aromatic nitrogens is 2. The van der Waals surface area contributed by atoms with Crippen LogP contribution in [0.15, 0.2) is 122 Å². The Hall–Kier alpha value is -6.90. The molecule has 0 radical (unpaired) electrons. The second-order valence-electron chi connectivity index (χ2n) is 12.8. The summed E-state index contributed by atoms with van der Waals surface area (Å²) in [6.45, 7) is 2.04. The molecule has 7 aromatic rings. The van der Waals surface area contributed by atoms with E-state index < -0.39 is 0 Å². The van der Waals surface area contributed by atoms with E-state index in [0.717, 1.165) is 44.1 Å². The molecule has 2 aromatic heterocycles. The van der Waals surface area contributed by atoms with E-state index in [4.69, 9.17) is 33.9 Å². The third-order valence-electron chi connectivity index (χ3n) is 9.27. The van der Waals surface area contributed by atoms with Crippen molar-refractivity contribution in [2.75, 3.05) is 24.9 Å². The van der Waals surface area contributed by atoms with Gasteiger partial charge >= 0.3 is 0 Å². The average Bonchev–Trinajstić information content (AvgIpc) is 3.84. The Kier molecular flexibility index (Phi) is 11.1. The van der Waals surface area contributed by atoms with Gasteiger partial charge in [-0.25, -0.2) is 0 Å². The van der Waals surface area contributed by atoms with E-state index in [0.29, 0.717) is 34.0 Å². The van der Waals surface area contributed by atoms with Gasteiger partial charge in [0.05, 0.1) is 25.6 Å². The number of methoxy groups -OCH3 is 2. The summed E-state index contributed by atoms with van der Waals surface area (Å²) in [6.07, 6.45) is 3.94. The summed E-state index contributed by atoms with van der Waals surface area (Å²) in [5, 5.41) is 8.19. The molecule has 2 heterocycles. The Bertz CT molecular complexity index is 2430. The molecule has 0 saturated heterocycles. The molecule has 0 aliphatic heterocycles. The highest BCUT2D eigenvalue weighted by Crippen LogP contribution is 2.40. The number of hydrogen-bond acceptors (Lipinski definition) is 6. The Morgan fingerprint density at radius 3 is 1.48 bits per heavy atom. The molecule has 5 aromatic carbocycles. The monoisotopic (exact) mass is 782 g/mol. The summed E-state index contributed by atoms with van der Waals surface area (Å²) in [7, 11) is 3.14. The molecule has 0 atom stereocenters. The van der Waals surface area contributed by atoms with Gasteiger partial charge in [-0.3, -0.25) is 31.3 Å². The molecule has 0 aliphatic carbocycles. The van der Waals surface area contributed by atoms with Crippen LogP contribution in [0, 0.1) is 6.92 Å². The van der Waals surface area contributed by atoms with Gasteiger partial charge in [-0.15, -0.1) is 0 Å². The molecule has 0 aliphatic rings. The Morgan fingerprint density at radius 1 is 0.589 bits per heavy atom. The third-order valence-corrected chi connectivity index (χ3v) is 9.68. The van der Waals surface area contributed by atoms with E-state index >= 15 is 0 Å². The molecule has 0 unspecified atom stereocenters. The van der Waals surface area contributed by atoms with Crippen LogP contribution in [0.1, 0.15) is 48.9 Å². The average molecular weight is 783 g/mol. The molecule has 7 rings (SSSR count). The van der Waals surface area contributed by atoms with Crippen molar-refractivity contribution < 1.29 is 19.1 Å². The Balaban J connectivity index is 1.14. The molecule has 8 N–H and O–H groups in total. The molecule has 282 valence electrons. The minimum atomic E-state index is -0.371. The lowest BCUT2D eigenvalue weighted by Crippen LogP contribution is -2.43. The predicted molar refractivity (Wildman–Crippen MR) is 228 cm³/mol. The molecule has 0 spiro atoms. The van der Waals surface area contributed by atoms with E-state index in [1.165, 1.54) is 0 Å². The van der Waals surface area contributed by atoms with Crippen LogP contribution in [0.3, 0.4) is 0 Å². The zero-order valence-corrected chi connectivity index (χ0v) is 32.2. The molecular formula is C42H38N8O4S2. The number of nitrogens with one attached hydrogen (secondary N) is 8. The van der Waals surface area contributed by atoms with Crippen LogP contribution in [0.5, 0.6) is 11.5 Å². The number of thiocarbonyl (C=S) groups is 2. The first-order valence-electron chi connectivity index (χ1n) is 17.5. The van der Waals surface area contributed by atoms with E-state index in [1.807, 2.05) is 92.1 Å². The van der Waals surface area contributed by atoms with Gasteiger partial charge in [0.15, 0.2) is 10.2 Å². The minimum absolute atomic E-state index is 0.195. The number of aryl methyl sites for hydroxylation is 1. The third kappa shape index (κ3) is 8.11. The number of H-pyrrole nitrogens is 2. The van der Waals surface area contributed by atoms with Gasteiger partial charge in [0.2, 0.25) is 0 Å². The molecular weight excluding hydrogens is 745 g/mol. The number of carbonyl (C=O) groups excluding carboxylic acids is 2. The Morgan fingerprint density at radius 2 is 1.04 bits per heavy atom. The number of amides is 2. The molecule has 0 fully saturated rings. The highest BCUT2D eigenvalue weighted by molar-refractivity contribution is 7.80. The predicted octanol–water partition coefficient (Wildman–Crippen LogP) is 7.42. The van der Waals surface area contributed by atoms with Crippen LogP contribution in [-0.2, 0) is 0 Å². The van der Waals surface area contributed by atoms with Gasteiger partial charge in [0, 0.05) is 51.2 Å². The molecule has 0 bridgehead atoms. The molecule has 56 heavy (non-hydrogen) atoms. The largest absolute Gasteiger partial charge is 0.495 e. The van der Waals surface area contributed by atoms with Crippen LogP contribution >= 0.6 is 24.4 Å². The molecule has 14 heteroatoms. The van der Waals surface area contributed by atoms with Gasteiger partial charge < -0.3 is 30.1 Å². The fourth-order valence-corrected chi connectivity index (χ4v) is 6.83. The fourth-order valence-electron chi connectivity index (χ4n) is 6.50. The van der Waals surface area contributed by atoms with E-state index in [9.17, 15) is 9.59 Å². The van der Waals surface area contributed by atoms with Crippen molar-refractivity contribution in [1.82, 2.24) is 31.7 Å². The number of carbonyl (C=O) groups is 2. The fraction of sp³-hybridized carbons (Fsp3) is 0.0952. The lowest BCUT2D eigenvalue weighted by atomic mass is 9.84. The summed E-state index contributed by atoms with van der Waals surface area (Å²) in [5.74, 6) is 0.206. The van der Waals surface area contributed by atoms with Crippen LogP contribution < -0.4 is 41.8 Å². The summed E-state index contributed by atoms with van der Waals surface area (Å²) in [5.41, 5.74) is 18.9. The van der Waals surface area contributed by atoms with Crippen molar-refractivity contribution in [3.05, 3.63) is 155 Å². The maximum absolute atomic E-state index is 13.4. The summed E-state index contributed by atoms with van der Waals surface area (Å²) in [4.78, 5) is 33.7. The SMILES string of the molecule is COc1ccccc1NC(=S)NNC(=O)c1ccc2[nH]cc(C(c3ccc(C)cc3)c3c[nH]c4ccc(C(=O)NNC(=S)Nc5ccccc5OC)cc34)c2c1. The van der Waals surface area contributed by atoms with Crippen molar-refractivity contribution in [2.45, 2.75) is 12.8 Å². The van der Waals surface area contributed by atoms with Gasteiger partial charge in [-0.1, -0.05) is 54.1 Å². The zero-order chi connectivity index (χ0) is 39.2. The first-order chi connectivity index (χ1) is 27.2. The maximum Gasteiger partial charge on any atom is 0.269 e. The van der Waals surface area contributed by atoms with E-state index in [-0.39, 0.29) is 28.0 Å². The second kappa shape index (κ2) is 16.6. The lowest BCUT2D eigenvalue weighted by Gasteiger charge is -2.18. The normalized spacial score (nSPS) is 10.9. The maximum atomic E-state index is 13.4. The number of fused-ring (bicyclic) bond motifs is 2. The zero-order valence-electron chi connectivity index (χ0n) is 30.6. The number of ether oxygens (including phenoxy) is 2. The van der Waals surface area contributed by atoms with Crippen molar-refractivity contribution in [1.29, 1.82) is 0 Å². The topological polar surface area (TPSA) is 156 Å². The highest BCUT2D eigenvalue weighted by atomic mass is 32.1. The van der Waals surface area contributed by atoms with Crippen LogP contribution in [0.2, 0.25) is 0 Å². The standard InChI is InChI=1S/C42H38N8O4S2/c1-24-12-14-25(15-13-24)38(30-22-43-32-18-16-26(20-28(30)32)39(51)47-49-41(55)45-34-8-4-6-10-36(34)53-2)31-23-44-33-19-17-27(21-29(31)33)40(52)48-50-42(56)46-35-9-5-7-11-37(35)54-3/h4-23,38,43-44H,1-3H3,(H,47,51)(H,48,52)(H2,45,49,55)(H2,46,50,56). The van der Waals surface area contributed by atoms with Crippen molar-refractivity contribution >= 4 is 79.7 Å². The van der Waals surface area contributed by atoms with Crippen molar-refractivity contribution in [2.24, 2.45) is 0 Å². The number of aromatic amines is 2. The molecule has 0 saturated carbocycles. The highest BCUT2D eigenvalue weighted by Gasteiger charge is 2.25. The van der Waals surface area contributed by atoms with Gasteiger partial charge in [0.25, 0.3) is 11.8 Å². The van der Waals surface area contributed by atoms with Crippen molar-refractivity contribution in [3.63, 3.8) is 0 Å². The van der Waals surface area contributed by atoms with Gasteiger partial charge in [-0.05, 0) is 109 Å². The van der Waals surface area contributed by atoms with E-state index in [2.05, 4.69) is 66.6 Å². The van der Waals surface area contributed by atoms with Gasteiger partial charge in [-0.2, -0.15) is 0 Å². The first kappa shape index (κ1) is 37.4. The van der Waals surface area contributed by atoms with Crippen LogP contribution in [-0.4, -0.2) is 46.2 Å². The summed E-state index contributed by atoms with van der Waals surface area (Å²) >= 11 is 10.8. The number of hydrogen-bond donors (Lipinski definition) is 8. The van der Waals surface area contributed by atoms with E-state index in [1.54, 1.807) is 26.4 Å². The number of rotatable bonds is 9. The van der Waals surface area contributed by atoms with Crippen LogP contribution in [0.25, 0.3) is 21.8 Å². The molecule has 12 nitrogen and oxygen atoms in total. The minimum Gasteiger partial charge on any atom is -0.495 e. The van der Waals surface area contributed by atoms with Crippen LogP contribution in [0.4, 0.5) is 11.4 Å². The summed E-state index contributed by atoms with van der Waals surface area (Å²) < 4.78 is 10.8. The lowest BCUT2D eigenvalue weighted by molar-refractivity contribution is 0.0936. The summed E-state index contributed by atoms with van der Waals surface area (Å²) in [6, 6.07) is 34.0. The number of para-hydroxylation sites is 4. The Labute approximate surface area is 333 Å². The van der Waals surface area contributed by atoms with Crippen molar-refractivity contribution in [3.8, 4) is 11.5 Å². The number of anilines is 2. The smallest absolute Gasteiger partial charge is 0.269 e. The number of benzene rings is 5. The van der Waals surface area contributed by atoms with Gasteiger partial charge in [0.1, 0.15) is 11.5 Å². The quantitative estimate of drug-likeness (QED) is 0.0548. The second-order valence-corrected chi connectivity index (χ2v) is 13.6. The molecule has 2 amide bonds.